The number of carbonyl (C=O) groups is 1. The minimum absolute atomic E-state index is 0.0582. The minimum atomic E-state index is -0.0582. The maximum atomic E-state index is 12.5. The number of amides is 1. The molecular formula is C25H27ClN6OS. The number of benzene rings is 2. The van der Waals surface area contributed by atoms with Crippen molar-refractivity contribution in [2.24, 2.45) is 0 Å². The van der Waals surface area contributed by atoms with Crippen LogP contribution in [-0.4, -0.2) is 30.5 Å². The molecule has 176 valence electrons. The van der Waals surface area contributed by atoms with Crippen molar-refractivity contribution in [3.8, 4) is 5.69 Å². The highest BCUT2D eigenvalue weighted by Crippen LogP contribution is 2.29. The number of rotatable bonds is 9. The fraction of sp³-hybridized carbons (Fsp3) is 0.280. The highest BCUT2D eigenvalue weighted by atomic mass is 35.5. The number of hydrogen-bond acceptors (Lipinski definition) is 5. The zero-order valence-corrected chi connectivity index (χ0v) is 21.0. The molecule has 0 unspecified atom stereocenters. The number of halogens is 1. The van der Waals surface area contributed by atoms with Gasteiger partial charge < -0.3 is 5.32 Å². The second-order valence-corrected chi connectivity index (χ2v) is 9.43. The first-order chi connectivity index (χ1) is 16.4. The van der Waals surface area contributed by atoms with Gasteiger partial charge in [-0.3, -0.25) is 14.0 Å². The van der Waals surface area contributed by atoms with Crippen LogP contribution in [0.5, 0.6) is 0 Å². The molecule has 4 rings (SSSR count). The van der Waals surface area contributed by atoms with Crippen LogP contribution < -0.4 is 5.32 Å². The molecule has 0 atom stereocenters. The van der Waals surface area contributed by atoms with Crippen molar-refractivity contribution < 1.29 is 4.79 Å². The second-order valence-electron chi connectivity index (χ2n) is 8.08. The minimum Gasteiger partial charge on any atom is -0.349 e. The summed E-state index contributed by atoms with van der Waals surface area (Å²) in [5.74, 6) is 1.28. The van der Waals surface area contributed by atoms with E-state index in [-0.39, 0.29) is 12.5 Å². The van der Waals surface area contributed by atoms with Gasteiger partial charge in [-0.05, 0) is 50.1 Å². The van der Waals surface area contributed by atoms with Crippen LogP contribution in [0, 0.1) is 20.8 Å². The summed E-state index contributed by atoms with van der Waals surface area (Å²) in [6.07, 6.45) is 0.342. The molecule has 1 amide bonds. The predicted octanol–water partition coefficient (Wildman–Crippen LogP) is 5.04. The van der Waals surface area contributed by atoms with Gasteiger partial charge in [-0.2, -0.15) is 5.10 Å². The van der Waals surface area contributed by atoms with Gasteiger partial charge in [-0.15, -0.1) is 10.2 Å². The SMILES string of the molecule is Cc1cc(C)n(CCC(=O)NCc2nnc(SCc3ccccc3Cl)n2-c2ccccc2C)n1. The van der Waals surface area contributed by atoms with E-state index in [1.807, 2.05) is 71.6 Å². The summed E-state index contributed by atoms with van der Waals surface area (Å²) >= 11 is 7.90. The Kier molecular flexibility index (Phi) is 7.70. The largest absolute Gasteiger partial charge is 0.349 e. The predicted molar refractivity (Wildman–Crippen MR) is 135 cm³/mol. The van der Waals surface area contributed by atoms with E-state index in [1.165, 1.54) is 0 Å². The summed E-state index contributed by atoms with van der Waals surface area (Å²) < 4.78 is 3.87. The van der Waals surface area contributed by atoms with E-state index in [9.17, 15) is 4.79 Å². The molecule has 9 heteroatoms. The highest BCUT2D eigenvalue weighted by molar-refractivity contribution is 7.98. The number of thioether (sulfide) groups is 1. The molecule has 0 saturated heterocycles. The zero-order chi connectivity index (χ0) is 24.1. The third-order valence-corrected chi connectivity index (χ3v) is 6.82. The molecule has 2 aromatic heterocycles. The van der Waals surface area contributed by atoms with Crippen LogP contribution in [0.25, 0.3) is 5.69 Å². The van der Waals surface area contributed by atoms with Crippen molar-refractivity contribution in [2.45, 2.75) is 51.2 Å². The van der Waals surface area contributed by atoms with Crippen molar-refractivity contribution in [2.75, 3.05) is 0 Å². The topological polar surface area (TPSA) is 77.6 Å². The number of aryl methyl sites for hydroxylation is 4. The van der Waals surface area contributed by atoms with E-state index in [0.29, 0.717) is 24.5 Å². The number of nitrogens with one attached hydrogen (secondary N) is 1. The molecule has 0 radical (unpaired) electrons. The monoisotopic (exact) mass is 494 g/mol. The first-order valence-corrected chi connectivity index (χ1v) is 12.4. The molecule has 0 aliphatic carbocycles. The maximum Gasteiger partial charge on any atom is 0.222 e. The van der Waals surface area contributed by atoms with Gasteiger partial charge in [0, 0.05) is 29.4 Å². The lowest BCUT2D eigenvalue weighted by Gasteiger charge is -2.13. The summed E-state index contributed by atoms with van der Waals surface area (Å²) in [6, 6.07) is 17.9. The van der Waals surface area contributed by atoms with Gasteiger partial charge in [0.25, 0.3) is 0 Å². The lowest BCUT2D eigenvalue weighted by atomic mass is 10.2. The first kappa shape index (κ1) is 24.0. The van der Waals surface area contributed by atoms with Crippen LogP contribution in [0.4, 0.5) is 0 Å². The zero-order valence-electron chi connectivity index (χ0n) is 19.5. The Labute approximate surface area is 208 Å². The standard InChI is InChI=1S/C25H27ClN6OS/c1-17-8-4-7-11-22(17)32-23(15-27-24(33)12-13-31-19(3)14-18(2)30-31)28-29-25(32)34-16-20-9-5-6-10-21(20)26/h4-11,14H,12-13,15-16H2,1-3H3,(H,27,33). The van der Waals surface area contributed by atoms with E-state index >= 15 is 0 Å². The van der Waals surface area contributed by atoms with Gasteiger partial charge in [0.2, 0.25) is 5.91 Å². The summed E-state index contributed by atoms with van der Waals surface area (Å²) in [4.78, 5) is 12.5. The van der Waals surface area contributed by atoms with Gasteiger partial charge in [0.05, 0.1) is 17.9 Å². The molecule has 1 N–H and O–H groups in total. The Morgan fingerprint density at radius 2 is 1.82 bits per heavy atom. The highest BCUT2D eigenvalue weighted by Gasteiger charge is 2.17. The van der Waals surface area contributed by atoms with Gasteiger partial charge in [-0.1, -0.05) is 59.8 Å². The fourth-order valence-electron chi connectivity index (χ4n) is 3.70. The lowest BCUT2D eigenvalue weighted by Crippen LogP contribution is -2.26. The number of nitrogens with zero attached hydrogens (tertiary/aromatic N) is 5. The molecule has 4 aromatic rings. The molecule has 7 nitrogen and oxygen atoms in total. The molecule has 34 heavy (non-hydrogen) atoms. The number of carbonyl (C=O) groups excluding carboxylic acids is 1. The van der Waals surface area contributed by atoms with Crippen LogP contribution in [0.2, 0.25) is 5.02 Å². The normalized spacial score (nSPS) is 11.1. The van der Waals surface area contributed by atoms with Crippen molar-refractivity contribution in [1.29, 1.82) is 0 Å². The van der Waals surface area contributed by atoms with Gasteiger partial charge in [0.15, 0.2) is 11.0 Å². The van der Waals surface area contributed by atoms with Gasteiger partial charge in [-0.25, -0.2) is 0 Å². The smallest absolute Gasteiger partial charge is 0.222 e. The Morgan fingerprint density at radius 3 is 2.56 bits per heavy atom. The third kappa shape index (κ3) is 5.69. The van der Waals surface area contributed by atoms with Crippen LogP contribution >= 0.6 is 23.4 Å². The Bertz CT molecular complexity index is 1300. The Balaban J connectivity index is 1.49. The van der Waals surface area contributed by atoms with Crippen LogP contribution in [0.15, 0.2) is 59.8 Å². The van der Waals surface area contributed by atoms with Crippen LogP contribution in [-0.2, 0) is 23.6 Å². The number of hydrogen-bond donors (Lipinski definition) is 1. The average Bonchev–Trinajstić information content (AvgIpc) is 3.37. The molecule has 0 aliphatic rings. The van der Waals surface area contributed by atoms with Crippen LogP contribution in [0.3, 0.4) is 0 Å². The Hall–Kier alpha value is -3.10. The fourth-order valence-corrected chi connectivity index (χ4v) is 4.95. The molecule has 2 aromatic carbocycles. The van der Waals surface area contributed by atoms with Crippen LogP contribution in [0.1, 0.15) is 34.8 Å². The summed E-state index contributed by atoms with van der Waals surface area (Å²) in [5.41, 5.74) is 5.11. The third-order valence-electron chi connectivity index (χ3n) is 5.47. The molecule has 0 saturated carbocycles. The van der Waals surface area contributed by atoms with E-state index in [2.05, 4.69) is 33.6 Å². The number of para-hydroxylation sites is 1. The molecular weight excluding hydrogens is 468 g/mol. The molecule has 0 fully saturated rings. The first-order valence-electron chi connectivity index (χ1n) is 11.1. The van der Waals surface area contributed by atoms with E-state index in [1.54, 1.807) is 11.8 Å². The summed E-state index contributed by atoms with van der Waals surface area (Å²) in [5, 5.41) is 17.7. The second kappa shape index (κ2) is 10.9. The molecule has 0 aliphatic heterocycles. The van der Waals surface area contributed by atoms with Crippen molar-refractivity contribution in [3.63, 3.8) is 0 Å². The van der Waals surface area contributed by atoms with Gasteiger partial charge >= 0.3 is 0 Å². The molecule has 0 bridgehead atoms. The Morgan fingerprint density at radius 1 is 1.06 bits per heavy atom. The summed E-state index contributed by atoms with van der Waals surface area (Å²) in [6.45, 7) is 6.81. The van der Waals surface area contributed by atoms with E-state index in [0.717, 1.165) is 38.4 Å². The average molecular weight is 495 g/mol. The molecule has 0 spiro atoms. The summed E-state index contributed by atoms with van der Waals surface area (Å²) in [7, 11) is 0. The quantitative estimate of drug-likeness (QED) is 0.330. The van der Waals surface area contributed by atoms with Crippen molar-refractivity contribution >= 4 is 29.3 Å². The van der Waals surface area contributed by atoms with Crippen molar-refractivity contribution in [3.05, 3.63) is 88.0 Å². The number of aromatic nitrogens is 5. The van der Waals surface area contributed by atoms with E-state index < -0.39 is 0 Å². The maximum absolute atomic E-state index is 12.5. The van der Waals surface area contributed by atoms with E-state index in [4.69, 9.17) is 11.6 Å². The lowest BCUT2D eigenvalue weighted by molar-refractivity contribution is -0.121. The van der Waals surface area contributed by atoms with Crippen molar-refractivity contribution in [1.82, 2.24) is 29.9 Å². The van der Waals surface area contributed by atoms with Gasteiger partial charge in [0.1, 0.15) is 0 Å². The molecule has 2 heterocycles.